The van der Waals surface area contributed by atoms with Gasteiger partial charge in [0.25, 0.3) is 5.56 Å². The van der Waals surface area contributed by atoms with Crippen LogP contribution in [0.5, 0.6) is 0 Å². The Bertz CT molecular complexity index is 752. The van der Waals surface area contributed by atoms with Crippen LogP contribution in [0.2, 0.25) is 5.02 Å². The van der Waals surface area contributed by atoms with Gasteiger partial charge in [0.1, 0.15) is 6.54 Å². The van der Waals surface area contributed by atoms with E-state index < -0.39 is 0 Å². The average molecular weight is 306 g/mol. The van der Waals surface area contributed by atoms with E-state index in [1.54, 1.807) is 18.2 Å². The predicted molar refractivity (Wildman–Crippen MR) is 81.3 cm³/mol. The second-order valence-electron chi connectivity index (χ2n) is 5.53. The number of carbonyl (C=O) groups is 1. The Hall–Kier alpha value is -1.88. The van der Waals surface area contributed by atoms with Gasteiger partial charge >= 0.3 is 0 Å². The predicted octanol–water partition coefficient (Wildman–Crippen LogP) is 1.96. The zero-order chi connectivity index (χ0) is 15.0. The molecule has 1 N–H and O–H groups in total. The molecule has 0 saturated heterocycles. The van der Waals surface area contributed by atoms with Crippen LogP contribution in [0, 0.1) is 5.92 Å². The Morgan fingerprint density at radius 2 is 2.29 bits per heavy atom. The third-order valence-electron chi connectivity index (χ3n) is 3.82. The smallest absolute Gasteiger partial charge is 0.261 e. The summed E-state index contributed by atoms with van der Waals surface area (Å²) in [6.07, 6.45) is 3.73. The number of benzene rings is 1. The fourth-order valence-electron chi connectivity index (χ4n) is 2.41. The number of hydrogen-bond acceptors (Lipinski definition) is 3. The summed E-state index contributed by atoms with van der Waals surface area (Å²) in [7, 11) is 0. The zero-order valence-corrected chi connectivity index (χ0v) is 12.4. The molecule has 2 aromatic rings. The number of nitrogens with zero attached hydrogens (tertiary/aromatic N) is 2. The summed E-state index contributed by atoms with van der Waals surface area (Å²) in [5.41, 5.74) is 0.323. The molecule has 3 rings (SSSR count). The van der Waals surface area contributed by atoms with E-state index in [0.29, 0.717) is 21.8 Å². The molecule has 1 aromatic carbocycles. The van der Waals surface area contributed by atoms with E-state index in [0.717, 1.165) is 12.8 Å². The van der Waals surface area contributed by atoms with Crippen LogP contribution in [0.4, 0.5) is 0 Å². The highest BCUT2D eigenvalue weighted by atomic mass is 35.5. The maximum absolute atomic E-state index is 12.3. The van der Waals surface area contributed by atoms with Gasteiger partial charge in [0.05, 0.1) is 17.2 Å². The van der Waals surface area contributed by atoms with Gasteiger partial charge in [0.2, 0.25) is 5.91 Å². The topological polar surface area (TPSA) is 64.0 Å². The van der Waals surface area contributed by atoms with Crippen molar-refractivity contribution in [2.24, 2.45) is 5.92 Å². The van der Waals surface area contributed by atoms with Gasteiger partial charge in [-0.05, 0) is 43.9 Å². The molecule has 1 amide bonds. The average Bonchev–Trinajstić information content (AvgIpc) is 3.27. The number of halogens is 1. The minimum absolute atomic E-state index is 0.0225. The van der Waals surface area contributed by atoms with Gasteiger partial charge in [0, 0.05) is 11.1 Å². The highest BCUT2D eigenvalue weighted by Crippen LogP contribution is 2.32. The highest BCUT2D eigenvalue weighted by molar-refractivity contribution is 6.31. The van der Waals surface area contributed by atoms with E-state index in [1.807, 2.05) is 6.92 Å². The normalized spacial score (nSPS) is 15.9. The zero-order valence-electron chi connectivity index (χ0n) is 11.7. The van der Waals surface area contributed by atoms with Crippen LogP contribution in [0.25, 0.3) is 10.9 Å². The molecule has 6 heteroatoms. The summed E-state index contributed by atoms with van der Waals surface area (Å²) in [5, 5.41) is 3.83. The minimum Gasteiger partial charge on any atom is -0.352 e. The highest BCUT2D eigenvalue weighted by Gasteiger charge is 2.28. The van der Waals surface area contributed by atoms with Crippen LogP contribution < -0.4 is 10.9 Å². The van der Waals surface area contributed by atoms with Crippen molar-refractivity contribution in [3.8, 4) is 0 Å². The molecule has 110 valence electrons. The molecule has 1 heterocycles. The lowest BCUT2D eigenvalue weighted by atomic mass is 10.2. The molecule has 0 radical (unpaired) electrons. The van der Waals surface area contributed by atoms with Crippen molar-refractivity contribution >= 4 is 28.4 Å². The summed E-state index contributed by atoms with van der Waals surface area (Å²) < 4.78 is 1.31. The van der Waals surface area contributed by atoms with Gasteiger partial charge in [-0.1, -0.05) is 11.6 Å². The van der Waals surface area contributed by atoms with Gasteiger partial charge in [-0.15, -0.1) is 0 Å². The Balaban J connectivity index is 1.81. The Kier molecular flexibility index (Phi) is 3.68. The number of rotatable bonds is 4. The largest absolute Gasteiger partial charge is 0.352 e. The van der Waals surface area contributed by atoms with Crippen LogP contribution in [0.15, 0.2) is 29.3 Å². The van der Waals surface area contributed by atoms with E-state index in [4.69, 9.17) is 11.6 Å². The first kappa shape index (κ1) is 14.1. The molecule has 1 fully saturated rings. The molecule has 0 spiro atoms. The maximum Gasteiger partial charge on any atom is 0.261 e. The Morgan fingerprint density at radius 3 is 3.00 bits per heavy atom. The van der Waals surface area contributed by atoms with Crippen LogP contribution in [-0.2, 0) is 11.3 Å². The number of carbonyl (C=O) groups excluding carboxylic acids is 1. The third kappa shape index (κ3) is 3.08. The third-order valence-corrected chi connectivity index (χ3v) is 4.05. The van der Waals surface area contributed by atoms with Gasteiger partial charge in [0.15, 0.2) is 0 Å². The molecule has 21 heavy (non-hydrogen) atoms. The van der Waals surface area contributed by atoms with Gasteiger partial charge < -0.3 is 5.32 Å². The molecule has 1 aliphatic rings. The standard InChI is InChI=1S/C15H16ClN3O2/c1-9(10-2-3-10)18-14(20)7-19-8-17-13-5-4-11(16)6-12(13)15(19)21/h4-6,8-10H,2-3,7H2,1H3,(H,18,20)/t9-/m1/s1. The molecule has 1 atom stereocenters. The van der Waals surface area contributed by atoms with Gasteiger partial charge in [-0.2, -0.15) is 0 Å². The monoisotopic (exact) mass is 305 g/mol. The molecule has 1 saturated carbocycles. The first-order valence-corrected chi connectivity index (χ1v) is 7.36. The summed E-state index contributed by atoms with van der Waals surface area (Å²) in [5.74, 6) is 0.416. The fourth-order valence-corrected chi connectivity index (χ4v) is 2.58. The van der Waals surface area contributed by atoms with Crippen molar-refractivity contribution in [1.29, 1.82) is 0 Å². The quantitative estimate of drug-likeness (QED) is 0.939. The molecular formula is C15H16ClN3O2. The van der Waals surface area contributed by atoms with Crippen molar-refractivity contribution in [3.05, 3.63) is 39.9 Å². The first-order chi connectivity index (χ1) is 10.0. The van der Waals surface area contributed by atoms with Crippen molar-refractivity contribution in [2.75, 3.05) is 0 Å². The van der Waals surface area contributed by atoms with E-state index in [1.165, 1.54) is 10.9 Å². The van der Waals surface area contributed by atoms with E-state index in [2.05, 4.69) is 10.3 Å². The molecule has 0 aliphatic heterocycles. The van der Waals surface area contributed by atoms with Crippen LogP contribution in [0.1, 0.15) is 19.8 Å². The second-order valence-corrected chi connectivity index (χ2v) is 5.97. The minimum atomic E-state index is -0.253. The summed E-state index contributed by atoms with van der Waals surface area (Å²) in [6.45, 7) is 1.97. The van der Waals surface area contributed by atoms with Crippen molar-refractivity contribution in [1.82, 2.24) is 14.9 Å². The van der Waals surface area contributed by atoms with Crippen molar-refractivity contribution in [3.63, 3.8) is 0 Å². The summed E-state index contributed by atoms with van der Waals surface area (Å²) in [6, 6.07) is 5.12. The molecule has 5 nitrogen and oxygen atoms in total. The fraction of sp³-hybridized carbons (Fsp3) is 0.400. The van der Waals surface area contributed by atoms with E-state index in [-0.39, 0.29) is 24.1 Å². The molecular weight excluding hydrogens is 290 g/mol. The second kappa shape index (κ2) is 5.48. The molecule has 0 unspecified atom stereocenters. The van der Waals surface area contributed by atoms with E-state index >= 15 is 0 Å². The van der Waals surface area contributed by atoms with Crippen molar-refractivity contribution in [2.45, 2.75) is 32.4 Å². The number of nitrogens with one attached hydrogen (secondary N) is 1. The van der Waals surface area contributed by atoms with Crippen LogP contribution >= 0.6 is 11.6 Å². The number of amides is 1. The first-order valence-electron chi connectivity index (χ1n) is 6.98. The van der Waals surface area contributed by atoms with Gasteiger partial charge in [-0.25, -0.2) is 4.98 Å². The number of fused-ring (bicyclic) bond motifs is 1. The lowest BCUT2D eigenvalue weighted by Gasteiger charge is -2.13. The maximum atomic E-state index is 12.3. The Labute approximate surface area is 126 Å². The molecule has 1 aliphatic carbocycles. The van der Waals surface area contributed by atoms with Crippen LogP contribution in [-0.4, -0.2) is 21.5 Å². The number of hydrogen-bond donors (Lipinski definition) is 1. The SMILES string of the molecule is C[C@@H](NC(=O)Cn1cnc2ccc(Cl)cc2c1=O)C1CC1. The summed E-state index contributed by atoms with van der Waals surface area (Å²) >= 11 is 5.90. The van der Waals surface area contributed by atoms with Crippen molar-refractivity contribution < 1.29 is 4.79 Å². The van der Waals surface area contributed by atoms with Crippen LogP contribution in [0.3, 0.4) is 0 Å². The lowest BCUT2D eigenvalue weighted by molar-refractivity contribution is -0.122. The lowest BCUT2D eigenvalue weighted by Crippen LogP contribution is -2.38. The molecule has 0 bridgehead atoms. The summed E-state index contributed by atoms with van der Waals surface area (Å²) in [4.78, 5) is 28.5. The Morgan fingerprint density at radius 1 is 1.52 bits per heavy atom. The molecule has 1 aromatic heterocycles. The van der Waals surface area contributed by atoms with Gasteiger partial charge in [-0.3, -0.25) is 14.2 Å². The van der Waals surface area contributed by atoms with E-state index in [9.17, 15) is 9.59 Å². The number of aromatic nitrogens is 2.